The van der Waals surface area contributed by atoms with Gasteiger partial charge in [-0.3, -0.25) is 24.2 Å². The maximum absolute atomic E-state index is 14.9. The predicted molar refractivity (Wildman–Crippen MR) is 109 cm³/mol. The first-order valence-electron chi connectivity index (χ1n) is 10.0. The van der Waals surface area contributed by atoms with Crippen molar-refractivity contribution in [3.05, 3.63) is 59.4 Å². The Hall–Kier alpha value is -3.79. The fourth-order valence-electron chi connectivity index (χ4n) is 4.10. The van der Waals surface area contributed by atoms with Crippen LogP contribution < -0.4 is 9.80 Å². The molecule has 2 aromatic rings. The molecular weight excluding hydrogens is 421 g/mol. The smallest absolute Gasteiger partial charge is 0.414 e. The normalized spacial score (nSPS) is 20.8. The molecule has 0 saturated carbocycles. The van der Waals surface area contributed by atoms with E-state index in [4.69, 9.17) is 9.47 Å². The van der Waals surface area contributed by atoms with Gasteiger partial charge >= 0.3 is 6.09 Å². The van der Waals surface area contributed by atoms with Crippen molar-refractivity contribution in [2.24, 2.45) is 0 Å². The second kappa shape index (κ2) is 7.72. The van der Waals surface area contributed by atoms with Crippen molar-refractivity contribution in [3.8, 4) is 0 Å². The summed E-state index contributed by atoms with van der Waals surface area (Å²) in [4.78, 5) is 53.0. The number of fused-ring (bicyclic) bond motifs is 1. The quantitative estimate of drug-likeness (QED) is 0.675. The third kappa shape index (κ3) is 3.28. The first-order chi connectivity index (χ1) is 15.4. The molecule has 3 aliphatic heterocycles. The number of carbonyl (C=O) groups excluding carboxylic acids is 4. The van der Waals surface area contributed by atoms with Crippen LogP contribution in [0.15, 0.2) is 42.5 Å². The summed E-state index contributed by atoms with van der Waals surface area (Å²) in [6.07, 6.45) is -1.58. The van der Waals surface area contributed by atoms with Crippen LogP contribution in [0.25, 0.3) is 0 Å². The van der Waals surface area contributed by atoms with Crippen molar-refractivity contribution in [2.45, 2.75) is 6.10 Å². The minimum atomic E-state index is -0.801. The Kier molecular flexibility index (Phi) is 4.86. The number of anilines is 2. The molecule has 3 heterocycles. The van der Waals surface area contributed by atoms with Crippen LogP contribution in [0.1, 0.15) is 20.7 Å². The maximum atomic E-state index is 14.9. The summed E-state index contributed by atoms with van der Waals surface area (Å²) in [7, 11) is 0. The summed E-state index contributed by atoms with van der Waals surface area (Å²) >= 11 is 0. The summed E-state index contributed by atoms with van der Waals surface area (Å²) in [6, 6.07) is 10.6. The van der Waals surface area contributed by atoms with Gasteiger partial charge < -0.3 is 14.4 Å². The van der Waals surface area contributed by atoms with Crippen molar-refractivity contribution in [1.82, 2.24) is 4.90 Å². The topological polar surface area (TPSA) is 96.5 Å². The lowest BCUT2D eigenvalue weighted by Gasteiger charge is -2.27. The van der Waals surface area contributed by atoms with E-state index in [9.17, 15) is 23.6 Å². The minimum absolute atomic E-state index is 0.00989. The van der Waals surface area contributed by atoms with E-state index in [1.54, 1.807) is 30.3 Å². The molecule has 2 saturated heterocycles. The molecule has 9 nitrogen and oxygen atoms in total. The van der Waals surface area contributed by atoms with Gasteiger partial charge in [-0.2, -0.15) is 0 Å². The van der Waals surface area contributed by atoms with Gasteiger partial charge in [-0.15, -0.1) is 0 Å². The lowest BCUT2D eigenvalue weighted by molar-refractivity contribution is -0.125. The summed E-state index contributed by atoms with van der Waals surface area (Å²) in [5.74, 6) is -1.87. The molecule has 0 unspecified atom stereocenters. The fraction of sp³-hybridized carbons (Fsp3) is 0.273. The maximum Gasteiger partial charge on any atom is 0.414 e. The van der Waals surface area contributed by atoms with Crippen LogP contribution in [0.5, 0.6) is 0 Å². The van der Waals surface area contributed by atoms with Gasteiger partial charge in [0.15, 0.2) is 0 Å². The highest BCUT2D eigenvalue weighted by molar-refractivity contribution is 6.21. The average Bonchev–Trinajstić information content (AvgIpc) is 3.27. The highest BCUT2D eigenvalue weighted by Crippen LogP contribution is 2.30. The second-order valence-electron chi connectivity index (χ2n) is 7.62. The van der Waals surface area contributed by atoms with Crippen LogP contribution >= 0.6 is 0 Å². The first-order valence-corrected chi connectivity index (χ1v) is 10.0. The van der Waals surface area contributed by atoms with Crippen LogP contribution in [0, 0.1) is 5.82 Å². The van der Waals surface area contributed by atoms with Gasteiger partial charge in [0.25, 0.3) is 17.7 Å². The number of ether oxygens (including phenoxy) is 2. The molecular formula is C22H18FN3O6. The standard InChI is InChI=1S/C22H18FN3O6/c23-17-9-13(24-7-8-31-12-19(24)27)5-6-18(17)25-10-14(32-22(25)30)11-26-20(28)15-3-1-2-4-16(15)21(26)29/h1-6,9,14H,7-8,10-12H2/t14-/m0/s1. The van der Waals surface area contributed by atoms with Crippen LogP contribution in [-0.4, -0.2) is 67.7 Å². The molecule has 0 radical (unpaired) electrons. The third-order valence-corrected chi connectivity index (χ3v) is 5.66. The number of morpholine rings is 1. The summed E-state index contributed by atoms with van der Waals surface area (Å²) in [6.45, 7) is 0.440. The summed E-state index contributed by atoms with van der Waals surface area (Å²) in [5.41, 5.74) is 0.968. The Balaban J connectivity index is 1.31. The van der Waals surface area contributed by atoms with E-state index in [0.29, 0.717) is 30.0 Å². The number of rotatable bonds is 4. The van der Waals surface area contributed by atoms with Gasteiger partial charge in [0.1, 0.15) is 18.5 Å². The Morgan fingerprint density at radius 1 is 0.969 bits per heavy atom. The van der Waals surface area contributed by atoms with Gasteiger partial charge in [-0.05, 0) is 30.3 Å². The Bertz CT molecular complexity index is 1120. The van der Waals surface area contributed by atoms with E-state index < -0.39 is 29.8 Å². The molecule has 10 heteroatoms. The minimum Gasteiger partial charge on any atom is -0.442 e. The van der Waals surface area contributed by atoms with E-state index in [0.717, 1.165) is 9.80 Å². The summed E-state index contributed by atoms with van der Waals surface area (Å²) in [5, 5.41) is 0. The molecule has 2 aromatic carbocycles. The van der Waals surface area contributed by atoms with Gasteiger partial charge in [-0.25, -0.2) is 9.18 Å². The molecule has 0 bridgehead atoms. The average molecular weight is 439 g/mol. The molecule has 3 aliphatic rings. The molecule has 164 valence electrons. The van der Waals surface area contributed by atoms with Gasteiger partial charge in [0.2, 0.25) is 0 Å². The number of halogens is 1. The van der Waals surface area contributed by atoms with Crippen LogP contribution in [0.4, 0.5) is 20.6 Å². The number of hydrogen-bond acceptors (Lipinski definition) is 6. The van der Waals surface area contributed by atoms with Gasteiger partial charge in [0, 0.05) is 12.2 Å². The van der Waals surface area contributed by atoms with E-state index in [2.05, 4.69) is 0 Å². The van der Waals surface area contributed by atoms with E-state index in [1.807, 2.05) is 0 Å². The van der Waals surface area contributed by atoms with Crippen molar-refractivity contribution in [3.63, 3.8) is 0 Å². The molecule has 32 heavy (non-hydrogen) atoms. The zero-order chi connectivity index (χ0) is 22.4. The number of benzene rings is 2. The molecule has 0 N–H and O–H groups in total. The van der Waals surface area contributed by atoms with Crippen LogP contribution in [0.2, 0.25) is 0 Å². The number of imide groups is 1. The fourth-order valence-corrected chi connectivity index (χ4v) is 4.10. The monoisotopic (exact) mass is 439 g/mol. The molecule has 0 aromatic heterocycles. The Morgan fingerprint density at radius 3 is 2.34 bits per heavy atom. The van der Waals surface area contributed by atoms with Crippen LogP contribution in [-0.2, 0) is 14.3 Å². The zero-order valence-electron chi connectivity index (χ0n) is 16.8. The summed E-state index contributed by atoms with van der Waals surface area (Å²) < 4.78 is 25.2. The zero-order valence-corrected chi connectivity index (χ0v) is 16.8. The van der Waals surface area contributed by atoms with Crippen molar-refractivity contribution in [1.29, 1.82) is 0 Å². The lowest BCUT2D eigenvalue weighted by atomic mass is 10.1. The number of carbonyl (C=O) groups is 4. The van der Waals surface area contributed by atoms with Gasteiger partial charge in [-0.1, -0.05) is 12.1 Å². The molecule has 0 spiro atoms. The Morgan fingerprint density at radius 2 is 1.69 bits per heavy atom. The van der Waals surface area contributed by atoms with Crippen molar-refractivity contribution >= 4 is 35.2 Å². The number of nitrogens with zero attached hydrogens (tertiary/aromatic N) is 3. The first kappa shape index (κ1) is 20.1. The molecule has 2 fully saturated rings. The van der Waals surface area contributed by atoms with Crippen molar-refractivity contribution in [2.75, 3.05) is 42.6 Å². The molecule has 5 rings (SSSR count). The largest absolute Gasteiger partial charge is 0.442 e. The van der Waals surface area contributed by atoms with Gasteiger partial charge in [0.05, 0.1) is 36.5 Å². The van der Waals surface area contributed by atoms with Crippen LogP contribution in [0.3, 0.4) is 0 Å². The molecule has 0 aliphatic carbocycles. The highest BCUT2D eigenvalue weighted by Gasteiger charge is 2.41. The third-order valence-electron chi connectivity index (χ3n) is 5.66. The number of amides is 4. The van der Waals surface area contributed by atoms with E-state index >= 15 is 0 Å². The van der Waals surface area contributed by atoms with Crippen molar-refractivity contribution < 1.29 is 33.0 Å². The molecule has 4 amide bonds. The second-order valence-corrected chi connectivity index (χ2v) is 7.62. The van der Waals surface area contributed by atoms with E-state index in [-0.39, 0.29) is 31.3 Å². The number of hydrogen-bond donors (Lipinski definition) is 0. The number of cyclic esters (lactones) is 1. The lowest BCUT2D eigenvalue weighted by Crippen LogP contribution is -2.41. The molecule has 1 atom stereocenters. The highest BCUT2D eigenvalue weighted by atomic mass is 19.1. The SMILES string of the molecule is O=C1c2ccccc2C(=O)N1C[C@@H]1CN(c2ccc(N3CCOCC3=O)cc2F)C(=O)O1. The predicted octanol–water partition coefficient (Wildman–Crippen LogP) is 1.81. The Labute approximate surface area is 181 Å². The van der Waals surface area contributed by atoms with E-state index in [1.165, 1.54) is 17.0 Å².